The van der Waals surface area contributed by atoms with Crippen molar-refractivity contribution in [3.63, 3.8) is 0 Å². The predicted octanol–water partition coefficient (Wildman–Crippen LogP) is 5.02. The molecule has 0 aliphatic heterocycles. The average Bonchev–Trinajstić information content (AvgIpc) is 3.39. The van der Waals surface area contributed by atoms with Gasteiger partial charge in [-0.05, 0) is 60.7 Å². The molecule has 0 radical (unpaired) electrons. The summed E-state index contributed by atoms with van der Waals surface area (Å²) >= 11 is 1.24. The van der Waals surface area contributed by atoms with Crippen LogP contribution in [-0.4, -0.2) is 20.7 Å². The zero-order chi connectivity index (χ0) is 20.7. The summed E-state index contributed by atoms with van der Waals surface area (Å²) in [5, 5.41) is 6.78. The molecule has 4 aromatic rings. The number of thiazole rings is 1. The third-order valence-electron chi connectivity index (χ3n) is 5.06. The van der Waals surface area contributed by atoms with Crippen LogP contribution in [-0.2, 0) is 12.8 Å². The molecule has 1 N–H and O–H groups in total. The van der Waals surface area contributed by atoms with Gasteiger partial charge >= 0.3 is 0 Å². The van der Waals surface area contributed by atoms with Crippen molar-refractivity contribution in [3.05, 3.63) is 82.8 Å². The van der Waals surface area contributed by atoms with Gasteiger partial charge in [-0.3, -0.25) is 4.79 Å². The predicted molar refractivity (Wildman–Crippen MR) is 111 cm³/mol. The van der Waals surface area contributed by atoms with E-state index in [1.165, 1.54) is 23.0 Å². The van der Waals surface area contributed by atoms with E-state index < -0.39 is 23.2 Å². The first-order valence-electron chi connectivity index (χ1n) is 9.48. The minimum absolute atomic E-state index is 0.181. The Bertz CT molecular complexity index is 1230. The fraction of sp³-hybridized carbons (Fsp3) is 0.136. The molecule has 1 amide bonds. The molecule has 30 heavy (non-hydrogen) atoms. The largest absolute Gasteiger partial charge is 0.315 e. The Morgan fingerprint density at radius 3 is 2.70 bits per heavy atom. The number of halogens is 2. The van der Waals surface area contributed by atoms with Crippen LogP contribution in [0.1, 0.15) is 27.5 Å². The molecule has 1 aliphatic carbocycles. The van der Waals surface area contributed by atoms with Crippen molar-refractivity contribution in [3.8, 4) is 16.1 Å². The number of aryl methyl sites for hydroxylation is 2. The summed E-state index contributed by atoms with van der Waals surface area (Å²) in [6.07, 6.45) is 6.15. The summed E-state index contributed by atoms with van der Waals surface area (Å²) < 4.78 is 29.6. The highest BCUT2D eigenvalue weighted by Gasteiger charge is 2.23. The Morgan fingerprint density at radius 2 is 1.93 bits per heavy atom. The van der Waals surface area contributed by atoms with Crippen LogP contribution in [0.25, 0.3) is 16.1 Å². The van der Waals surface area contributed by atoms with Gasteiger partial charge in [0.2, 0.25) is 0 Å². The first kappa shape index (κ1) is 18.6. The van der Waals surface area contributed by atoms with E-state index in [4.69, 9.17) is 0 Å². The lowest BCUT2D eigenvalue weighted by Crippen LogP contribution is -2.14. The normalized spacial score (nSPS) is 12.7. The molecule has 0 atom stereocenters. The highest BCUT2D eigenvalue weighted by molar-refractivity contribution is 7.17. The number of aromatic nitrogens is 3. The molecule has 8 heteroatoms. The first-order chi connectivity index (χ1) is 14.6. The van der Waals surface area contributed by atoms with Crippen LogP contribution >= 0.6 is 11.3 Å². The van der Waals surface area contributed by atoms with Crippen LogP contribution in [0.3, 0.4) is 0 Å². The Balaban J connectivity index is 1.53. The van der Waals surface area contributed by atoms with E-state index >= 15 is 0 Å². The van der Waals surface area contributed by atoms with Gasteiger partial charge in [0.1, 0.15) is 17.3 Å². The van der Waals surface area contributed by atoms with Crippen molar-refractivity contribution < 1.29 is 13.6 Å². The molecule has 1 aliphatic rings. The smallest absolute Gasteiger partial charge is 0.284 e. The van der Waals surface area contributed by atoms with Gasteiger partial charge in [0.15, 0.2) is 5.01 Å². The second kappa shape index (κ2) is 7.46. The van der Waals surface area contributed by atoms with E-state index in [2.05, 4.69) is 21.5 Å². The Hall–Kier alpha value is -3.39. The zero-order valence-electron chi connectivity index (χ0n) is 15.7. The lowest BCUT2D eigenvalue weighted by atomic mass is 10.0. The molecule has 2 heterocycles. The van der Waals surface area contributed by atoms with Gasteiger partial charge in [0, 0.05) is 12.4 Å². The fourth-order valence-corrected chi connectivity index (χ4v) is 4.68. The van der Waals surface area contributed by atoms with Crippen LogP contribution in [0.15, 0.2) is 54.9 Å². The molecule has 150 valence electrons. The van der Waals surface area contributed by atoms with E-state index in [-0.39, 0.29) is 5.01 Å². The quantitative estimate of drug-likeness (QED) is 0.505. The van der Waals surface area contributed by atoms with E-state index in [1.54, 1.807) is 10.9 Å². The summed E-state index contributed by atoms with van der Waals surface area (Å²) in [5.74, 6) is -2.27. The number of anilines is 1. The number of carbonyl (C=O) groups is 1. The van der Waals surface area contributed by atoms with Crippen LogP contribution in [0, 0.1) is 11.6 Å². The van der Waals surface area contributed by atoms with E-state index in [9.17, 15) is 13.6 Å². The number of fused-ring (bicyclic) bond motifs is 3. The number of hydrogen-bond donors (Lipinski definition) is 1. The number of nitrogens with zero attached hydrogens (tertiary/aromatic N) is 3. The second-order valence-corrected chi connectivity index (χ2v) is 7.99. The second-order valence-electron chi connectivity index (χ2n) is 6.99. The van der Waals surface area contributed by atoms with Crippen LogP contribution in [0.5, 0.6) is 0 Å². The minimum Gasteiger partial charge on any atom is -0.315 e. The third-order valence-corrected chi connectivity index (χ3v) is 6.19. The number of amides is 1. The van der Waals surface area contributed by atoms with E-state index in [0.29, 0.717) is 0 Å². The molecule has 5 nitrogen and oxygen atoms in total. The molecule has 0 saturated carbocycles. The lowest BCUT2D eigenvalue weighted by molar-refractivity contribution is 0.102. The van der Waals surface area contributed by atoms with Gasteiger partial charge in [-0.2, -0.15) is 5.10 Å². The molecular weight excluding hydrogens is 406 g/mol. The minimum atomic E-state index is -0.823. The van der Waals surface area contributed by atoms with Crippen molar-refractivity contribution >= 4 is 22.9 Å². The molecule has 0 spiro atoms. The number of nitrogens with one attached hydrogen (secondary N) is 1. The Kier molecular flexibility index (Phi) is 4.63. The van der Waals surface area contributed by atoms with Crippen molar-refractivity contribution in [2.24, 2.45) is 0 Å². The molecule has 5 rings (SSSR count). The molecule has 0 saturated heterocycles. The van der Waals surface area contributed by atoms with Gasteiger partial charge in [-0.25, -0.2) is 18.4 Å². The molecule has 2 aromatic heterocycles. The monoisotopic (exact) mass is 422 g/mol. The highest BCUT2D eigenvalue weighted by atomic mass is 32.1. The van der Waals surface area contributed by atoms with Crippen molar-refractivity contribution in [2.45, 2.75) is 19.3 Å². The Labute approximate surface area is 175 Å². The average molecular weight is 422 g/mol. The lowest BCUT2D eigenvalue weighted by Gasteiger charge is -2.09. The van der Waals surface area contributed by atoms with Crippen molar-refractivity contribution in [1.29, 1.82) is 0 Å². The number of rotatable bonds is 3. The van der Waals surface area contributed by atoms with Gasteiger partial charge in [0.25, 0.3) is 5.91 Å². The zero-order valence-corrected chi connectivity index (χ0v) is 16.5. The highest BCUT2D eigenvalue weighted by Crippen LogP contribution is 2.38. The van der Waals surface area contributed by atoms with Gasteiger partial charge < -0.3 is 5.32 Å². The van der Waals surface area contributed by atoms with Gasteiger partial charge in [-0.15, -0.1) is 11.3 Å². The third kappa shape index (κ3) is 3.29. The topological polar surface area (TPSA) is 59.8 Å². The fourth-order valence-electron chi connectivity index (χ4n) is 3.62. The summed E-state index contributed by atoms with van der Waals surface area (Å²) in [6, 6.07) is 11.4. The van der Waals surface area contributed by atoms with Crippen molar-refractivity contribution in [2.75, 3.05) is 5.32 Å². The summed E-state index contributed by atoms with van der Waals surface area (Å²) in [5.41, 5.74) is 3.48. The molecular formula is C22H16F2N4OS. The molecule has 2 aromatic carbocycles. The maximum atomic E-state index is 13.9. The van der Waals surface area contributed by atoms with Crippen molar-refractivity contribution in [1.82, 2.24) is 14.8 Å². The SMILES string of the molecule is O=C(Nc1c(F)cccc1F)c1nc2c(s1)-c1cc(-n3cccn3)ccc1CCC2. The summed E-state index contributed by atoms with van der Waals surface area (Å²) in [6.45, 7) is 0. The van der Waals surface area contributed by atoms with Crippen LogP contribution in [0.4, 0.5) is 14.5 Å². The van der Waals surface area contributed by atoms with Crippen LogP contribution < -0.4 is 5.32 Å². The summed E-state index contributed by atoms with van der Waals surface area (Å²) in [7, 11) is 0. The molecule has 0 bridgehead atoms. The maximum absolute atomic E-state index is 13.9. The maximum Gasteiger partial charge on any atom is 0.284 e. The summed E-state index contributed by atoms with van der Waals surface area (Å²) in [4.78, 5) is 18.1. The molecule has 0 unspecified atom stereocenters. The molecule has 0 fully saturated rings. The number of hydrogen-bond acceptors (Lipinski definition) is 4. The first-order valence-corrected chi connectivity index (χ1v) is 10.3. The number of carbonyl (C=O) groups excluding carboxylic acids is 1. The van der Waals surface area contributed by atoms with E-state index in [1.807, 2.05) is 24.4 Å². The van der Waals surface area contributed by atoms with E-state index in [0.717, 1.165) is 53.2 Å². The Morgan fingerprint density at radius 1 is 1.10 bits per heavy atom. The van der Waals surface area contributed by atoms with Crippen LogP contribution in [0.2, 0.25) is 0 Å². The van der Waals surface area contributed by atoms with Gasteiger partial charge in [0.05, 0.1) is 16.3 Å². The number of benzene rings is 2. The number of para-hydroxylation sites is 1. The standard InChI is InChI=1S/C22H16F2N4OS/c23-16-5-2-6-17(24)19(16)27-21(29)22-26-18-7-1-4-13-8-9-14(28-11-3-10-25-28)12-15(13)20(18)30-22/h2-3,5-6,8-12H,1,4,7H2,(H,27,29). The van der Waals surface area contributed by atoms with Gasteiger partial charge in [-0.1, -0.05) is 12.1 Å².